The van der Waals surface area contributed by atoms with Crippen molar-refractivity contribution < 1.29 is 42.9 Å². The number of hydrogen-bond acceptors (Lipinski definition) is 9. The zero-order chi connectivity index (χ0) is 36.6. The number of benzene rings is 1. The highest BCUT2D eigenvalue weighted by Crippen LogP contribution is 2.36. The van der Waals surface area contributed by atoms with Crippen molar-refractivity contribution in [3.05, 3.63) is 54.6 Å². The number of amides is 2. The van der Waals surface area contributed by atoms with Crippen LogP contribution in [0.5, 0.6) is 5.75 Å². The van der Waals surface area contributed by atoms with Gasteiger partial charge in [-0.2, -0.15) is 0 Å². The molecule has 3 aliphatic carbocycles. The average Bonchev–Trinajstić information content (AvgIpc) is 3.13. The Morgan fingerprint density at radius 3 is 1.76 bits per heavy atom. The minimum absolute atomic E-state index is 0.0356. The Morgan fingerprint density at radius 1 is 0.725 bits per heavy atom. The molecule has 0 aliphatic heterocycles. The second-order valence-electron chi connectivity index (χ2n) is 14.8. The van der Waals surface area contributed by atoms with E-state index < -0.39 is 18.2 Å². The topological polar surface area (TPSA) is 138 Å². The number of carbonyl (C=O) groups excluding carboxylic acids is 4. The summed E-state index contributed by atoms with van der Waals surface area (Å²) in [6.45, 7) is 11.4. The molecule has 0 radical (unpaired) electrons. The average molecular weight is 711 g/mol. The van der Waals surface area contributed by atoms with Crippen molar-refractivity contribution in [1.82, 2.24) is 10.6 Å². The van der Waals surface area contributed by atoms with Gasteiger partial charge in [-0.15, -0.1) is 0 Å². The van der Waals surface area contributed by atoms with Crippen LogP contribution in [0, 0.1) is 30.6 Å². The third kappa shape index (κ3) is 14.6. The Kier molecular flexibility index (Phi) is 16.2. The van der Waals surface area contributed by atoms with Crippen molar-refractivity contribution >= 4 is 24.1 Å². The second kappa shape index (κ2) is 20.7. The van der Waals surface area contributed by atoms with Crippen LogP contribution in [0.4, 0.5) is 9.59 Å². The fourth-order valence-corrected chi connectivity index (χ4v) is 7.37. The van der Waals surface area contributed by atoms with Crippen LogP contribution in [-0.2, 0) is 28.5 Å². The highest BCUT2D eigenvalue weighted by atomic mass is 16.6. The van der Waals surface area contributed by atoms with Gasteiger partial charge in [-0.3, -0.25) is 0 Å². The molecule has 1 unspecified atom stereocenters. The van der Waals surface area contributed by atoms with E-state index in [1.807, 2.05) is 31.2 Å². The maximum absolute atomic E-state index is 12.8. The van der Waals surface area contributed by atoms with E-state index in [0.29, 0.717) is 42.6 Å². The summed E-state index contributed by atoms with van der Waals surface area (Å²) < 4.78 is 27.5. The SMILES string of the molecule is C=CC(=O)OCC1CCC(COC(=O)NC2CCC(CC3CCC(NC(=O)OC(COC(=O)C(=C)C)COc4ccc(C)cc4)CC3)CC2)CC1. The van der Waals surface area contributed by atoms with Gasteiger partial charge in [-0.25, -0.2) is 19.2 Å². The van der Waals surface area contributed by atoms with E-state index in [9.17, 15) is 19.2 Å². The molecule has 2 amide bonds. The Balaban J connectivity index is 1.07. The lowest BCUT2D eigenvalue weighted by molar-refractivity contribution is -0.142. The second-order valence-corrected chi connectivity index (χ2v) is 14.8. The van der Waals surface area contributed by atoms with Gasteiger partial charge in [0.25, 0.3) is 0 Å². The van der Waals surface area contributed by atoms with Crippen molar-refractivity contribution in [2.24, 2.45) is 23.7 Å². The predicted molar refractivity (Wildman–Crippen MR) is 193 cm³/mol. The zero-order valence-electron chi connectivity index (χ0n) is 30.5. The van der Waals surface area contributed by atoms with Crippen LogP contribution in [0.1, 0.15) is 96.0 Å². The standard InChI is InChI=1S/C40H58N2O9/c1-5-37(43)48-23-31-8-10-32(11-9-31)24-50-39(45)41-33-16-12-29(13-17-33)22-30-14-18-34(19-15-30)42-40(46)51-36(26-49-38(44)27(2)3)25-47-35-20-6-28(4)7-21-35/h5-7,20-21,29-34,36H,1-2,8-19,22-26H2,3-4H3,(H,41,45)(H,42,46). The van der Waals surface area contributed by atoms with Crippen LogP contribution in [0.3, 0.4) is 0 Å². The number of rotatable bonds is 16. The number of hydrogen-bond donors (Lipinski definition) is 2. The third-order valence-electron chi connectivity index (χ3n) is 10.5. The van der Waals surface area contributed by atoms with Gasteiger partial charge in [-0.05, 0) is 133 Å². The minimum Gasteiger partial charge on any atom is -0.490 e. The molecule has 11 heteroatoms. The van der Waals surface area contributed by atoms with Gasteiger partial charge in [0.1, 0.15) is 19.0 Å². The summed E-state index contributed by atoms with van der Waals surface area (Å²) in [7, 11) is 0. The molecule has 0 spiro atoms. The van der Waals surface area contributed by atoms with Crippen LogP contribution in [0.15, 0.2) is 49.1 Å². The lowest BCUT2D eigenvalue weighted by Crippen LogP contribution is -2.42. The molecule has 51 heavy (non-hydrogen) atoms. The van der Waals surface area contributed by atoms with Crippen LogP contribution >= 0.6 is 0 Å². The largest absolute Gasteiger partial charge is 0.490 e. The maximum atomic E-state index is 12.8. The molecule has 0 saturated heterocycles. The quantitative estimate of drug-likeness (QED) is 0.102. The first-order valence-corrected chi connectivity index (χ1v) is 18.8. The lowest BCUT2D eigenvalue weighted by atomic mass is 9.76. The molecule has 3 aliphatic rings. The fourth-order valence-electron chi connectivity index (χ4n) is 7.37. The van der Waals surface area contributed by atoms with E-state index in [4.69, 9.17) is 23.7 Å². The maximum Gasteiger partial charge on any atom is 0.407 e. The Labute approximate surface area is 303 Å². The molecule has 282 valence electrons. The summed E-state index contributed by atoms with van der Waals surface area (Å²) >= 11 is 0. The highest BCUT2D eigenvalue weighted by Gasteiger charge is 2.30. The Morgan fingerprint density at radius 2 is 1.24 bits per heavy atom. The number of esters is 2. The van der Waals surface area contributed by atoms with E-state index in [2.05, 4.69) is 23.8 Å². The smallest absolute Gasteiger partial charge is 0.407 e. The van der Waals surface area contributed by atoms with Crippen LogP contribution in [-0.4, -0.2) is 68.7 Å². The third-order valence-corrected chi connectivity index (χ3v) is 10.5. The van der Waals surface area contributed by atoms with Gasteiger partial charge in [0.15, 0.2) is 6.10 Å². The molecule has 0 heterocycles. The first kappa shape index (κ1) is 39.8. The fraction of sp³-hybridized carbons (Fsp3) is 0.650. The molecular weight excluding hydrogens is 652 g/mol. The van der Waals surface area contributed by atoms with E-state index in [0.717, 1.165) is 82.6 Å². The summed E-state index contributed by atoms with van der Waals surface area (Å²) in [6.07, 6.45) is 12.6. The van der Waals surface area contributed by atoms with Crippen molar-refractivity contribution in [1.29, 1.82) is 0 Å². The molecule has 1 aromatic carbocycles. The Bertz CT molecular complexity index is 1290. The predicted octanol–water partition coefficient (Wildman–Crippen LogP) is 7.36. The van der Waals surface area contributed by atoms with E-state index in [1.54, 1.807) is 6.92 Å². The van der Waals surface area contributed by atoms with Gasteiger partial charge in [0.05, 0.1) is 13.2 Å². The van der Waals surface area contributed by atoms with Gasteiger partial charge in [0, 0.05) is 23.7 Å². The zero-order valence-corrected chi connectivity index (χ0v) is 30.5. The summed E-state index contributed by atoms with van der Waals surface area (Å²) in [6, 6.07) is 7.74. The van der Waals surface area contributed by atoms with Crippen molar-refractivity contribution in [2.45, 2.75) is 116 Å². The highest BCUT2D eigenvalue weighted by molar-refractivity contribution is 5.87. The first-order chi connectivity index (χ1) is 24.6. The summed E-state index contributed by atoms with van der Waals surface area (Å²) in [5.74, 6) is 1.71. The van der Waals surface area contributed by atoms with E-state index >= 15 is 0 Å². The molecule has 0 bridgehead atoms. The lowest BCUT2D eigenvalue weighted by Gasteiger charge is -2.34. The molecule has 3 saturated carbocycles. The number of carbonyl (C=O) groups is 4. The molecule has 1 aromatic rings. The van der Waals surface area contributed by atoms with Crippen molar-refractivity contribution in [3.63, 3.8) is 0 Å². The number of aryl methyl sites for hydroxylation is 1. The van der Waals surface area contributed by atoms with Crippen LogP contribution < -0.4 is 15.4 Å². The minimum atomic E-state index is -0.773. The summed E-state index contributed by atoms with van der Waals surface area (Å²) in [5, 5.41) is 6.10. The summed E-state index contributed by atoms with van der Waals surface area (Å²) in [4.78, 5) is 48.6. The molecule has 0 aromatic heterocycles. The Hall–Kier alpha value is -4.02. The molecule has 1 atom stereocenters. The van der Waals surface area contributed by atoms with Crippen molar-refractivity contribution in [2.75, 3.05) is 26.4 Å². The monoisotopic (exact) mass is 710 g/mol. The molecule has 4 rings (SSSR count). The number of alkyl carbamates (subject to hydrolysis) is 2. The summed E-state index contributed by atoms with van der Waals surface area (Å²) in [5.41, 5.74) is 1.38. The van der Waals surface area contributed by atoms with Gasteiger partial charge in [-0.1, -0.05) is 30.9 Å². The molecular formula is C40H58N2O9. The van der Waals surface area contributed by atoms with Crippen LogP contribution in [0.25, 0.3) is 0 Å². The normalized spacial score (nSPS) is 25.3. The van der Waals surface area contributed by atoms with Gasteiger partial charge >= 0.3 is 24.1 Å². The molecule has 2 N–H and O–H groups in total. The van der Waals surface area contributed by atoms with Gasteiger partial charge in [0.2, 0.25) is 0 Å². The van der Waals surface area contributed by atoms with Gasteiger partial charge < -0.3 is 34.3 Å². The van der Waals surface area contributed by atoms with Crippen LogP contribution in [0.2, 0.25) is 0 Å². The first-order valence-electron chi connectivity index (χ1n) is 18.8. The van der Waals surface area contributed by atoms with E-state index in [-0.39, 0.29) is 42.9 Å². The number of nitrogens with one attached hydrogen (secondary N) is 2. The van der Waals surface area contributed by atoms with E-state index in [1.165, 1.54) is 12.5 Å². The number of ether oxygens (including phenoxy) is 5. The molecule has 3 fully saturated rings. The van der Waals surface area contributed by atoms with Crippen molar-refractivity contribution in [3.8, 4) is 5.75 Å². The molecule has 11 nitrogen and oxygen atoms in total.